The number of benzene rings is 2. The number of aromatic nitrogens is 3. The second-order valence-corrected chi connectivity index (χ2v) is 9.85. The van der Waals surface area contributed by atoms with Crippen LogP contribution in [0.5, 0.6) is 5.88 Å². The summed E-state index contributed by atoms with van der Waals surface area (Å²) < 4.78 is 13.9. The topological polar surface area (TPSA) is 95.7 Å². The molecular weight excluding hydrogens is 500 g/mol. The molecule has 0 aliphatic carbocycles. The molecule has 0 bridgehead atoms. The van der Waals surface area contributed by atoms with Gasteiger partial charge in [0.1, 0.15) is 18.1 Å². The van der Waals surface area contributed by atoms with Crippen molar-refractivity contribution in [2.24, 2.45) is 0 Å². The van der Waals surface area contributed by atoms with Crippen LogP contribution in [0.15, 0.2) is 102 Å². The number of furan rings is 1. The minimum atomic E-state index is -0.390. The van der Waals surface area contributed by atoms with Crippen molar-refractivity contribution in [1.29, 1.82) is 0 Å². The minimum absolute atomic E-state index is 0.0817. The average molecular weight is 523 g/mol. The largest absolute Gasteiger partial charge is 0.472 e. The number of hydrogen-bond donors (Lipinski definition) is 0. The van der Waals surface area contributed by atoms with Gasteiger partial charge in [0.15, 0.2) is 5.65 Å². The van der Waals surface area contributed by atoms with Crippen LogP contribution in [0.2, 0.25) is 0 Å². The summed E-state index contributed by atoms with van der Waals surface area (Å²) in [6.45, 7) is 0.175. The SMILES string of the molecule is O=[N+]([O-])c1ccc(COc2c(Cc3ccco3)nc3c(Cc4ccccc4)nc(-c4ccccc4)cn23)s1. The predicted molar refractivity (Wildman–Crippen MR) is 144 cm³/mol. The highest BCUT2D eigenvalue weighted by atomic mass is 32.1. The molecule has 38 heavy (non-hydrogen) atoms. The van der Waals surface area contributed by atoms with Gasteiger partial charge in [0.2, 0.25) is 5.88 Å². The van der Waals surface area contributed by atoms with Crippen LogP contribution >= 0.6 is 11.3 Å². The number of nitro groups is 1. The maximum atomic E-state index is 11.2. The summed E-state index contributed by atoms with van der Waals surface area (Å²) in [5.74, 6) is 1.31. The van der Waals surface area contributed by atoms with Gasteiger partial charge in [-0.2, -0.15) is 0 Å². The van der Waals surface area contributed by atoms with Crippen LogP contribution in [-0.2, 0) is 19.4 Å². The number of thiophene rings is 1. The third-order valence-electron chi connectivity index (χ3n) is 6.08. The van der Waals surface area contributed by atoms with Crippen LogP contribution in [0.1, 0.15) is 27.6 Å². The molecule has 0 saturated carbocycles. The van der Waals surface area contributed by atoms with Crippen LogP contribution in [0.3, 0.4) is 0 Å². The van der Waals surface area contributed by atoms with E-state index in [1.165, 1.54) is 6.07 Å². The molecule has 8 nitrogen and oxygen atoms in total. The Bertz CT molecular complexity index is 1690. The molecule has 2 aromatic carbocycles. The molecule has 0 atom stereocenters. The average Bonchev–Trinajstić information content (AvgIpc) is 3.70. The standard InChI is InChI=1S/C29H22N4O4S/c34-33(35)27-14-13-23(38-27)19-37-29-25(17-22-12-7-15-36-22)31-28-24(16-20-8-3-1-4-9-20)30-26(18-32(28)29)21-10-5-2-6-11-21/h1-15,18H,16-17,19H2. The van der Waals surface area contributed by atoms with E-state index in [0.29, 0.717) is 30.1 Å². The van der Waals surface area contributed by atoms with Crippen LogP contribution in [-0.4, -0.2) is 19.3 Å². The fraction of sp³-hybridized carbons (Fsp3) is 0.103. The molecule has 0 radical (unpaired) electrons. The molecule has 0 unspecified atom stereocenters. The summed E-state index contributed by atoms with van der Waals surface area (Å²) in [5, 5.41) is 11.2. The third kappa shape index (κ3) is 4.91. The van der Waals surface area contributed by atoms with Gasteiger partial charge in [-0.1, -0.05) is 72.0 Å². The number of fused-ring (bicyclic) bond motifs is 1. The second-order valence-electron chi connectivity index (χ2n) is 8.70. The Morgan fingerprint density at radius 1 is 0.895 bits per heavy atom. The Hall–Kier alpha value is -4.76. The van der Waals surface area contributed by atoms with Gasteiger partial charge in [0.05, 0.1) is 29.0 Å². The lowest BCUT2D eigenvalue weighted by molar-refractivity contribution is -0.380. The lowest BCUT2D eigenvalue weighted by atomic mass is 10.1. The molecule has 6 aromatic rings. The molecule has 0 amide bonds. The summed E-state index contributed by atoms with van der Waals surface area (Å²) in [7, 11) is 0. The van der Waals surface area contributed by atoms with E-state index < -0.39 is 4.92 Å². The summed E-state index contributed by atoms with van der Waals surface area (Å²) in [6.07, 6.45) is 4.59. The number of hydrogen-bond acceptors (Lipinski definition) is 7. The molecule has 0 saturated heterocycles. The first-order chi connectivity index (χ1) is 18.6. The van der Waals surface area contributed by atoms with Crippen molar-refractivity contribution in [2.45, 2.75) is 19.4 Å². The molecule has 4 aromatic heterocycles. The Kier molecular flexibility index (Phi) is 6.41. The highest BCUT2D eigenvalue weighted by Crippen LogP contribution is 2.31. The summed E-state index contributed by atoms with van der Waals surface area (Å²) in [5.41, 5.74) is 5.11. The summed E-state index contributed by atoms with van der Waals surface area (Å²) in [4.78, 5) is 21.5. The quantitative estimate of drug-likeness (QED) is 0.154. The van der Waals surface area contributed by atoms with Crippen LogP contribution in [0, 0.1) is 10.1 Å². The number of ether oxygens (including phenoxy) is 1. The van der Waals surface area contributed by atoms with Gasteiger partial charge in [0.25, 0.3) is 0 Å². The zero-order valence-electron chi connectivity index (χ0n) is 20.2. The van der Waals surface area contributed by atoms with Crippen molar-refractivity contribution in [3.8, 4) is 17.1 Å². The van der Waals surface area contributed by atoms with Gasteiger partial charge in [-0.3, -0.25) is 14.5 Å². The van der Waals surface area contributed by atoms with Gasteiger partial charge in [0, 0.05) is 29.1 Å². The van der Waals surface area contributed by atoms with Crippen LogP contribution in [0.25, 0.3) is 16.9 Å². The minimum Gasteiger partial charge on any atom is -0.472 e. The molecule has 6 rings (SSSR count). The monoisotopic (exact) mass is 522 g/mol. The number of imidazole rings is 1. The zero-order chi connectivity index (χ0) is 25.9. The normalized spacial score (nSPS) is 11.2. The molecule has 0 fully saturated rings. The Labute approximate surface area is 222 Å². The van der Waals surface area contributed by atoms with E-state index in [2.05, 4.69) is 12.1 Å². The Morgan fingerprint density at radius 2 is 1.68 bits per heavy atom. The van der Waals surface area contributed by atoms with E-state index in [1.54, 1.807) is 12.3 Å². The first-order valence-corrected chi connectivity index (χ1v) is 12.8. The van der Waals surface area contributed by atoms with Crippen LogP contribution in [0.4, 0.5) is 5.00 Å². The lowest BCUT2D eigenvalue weighted by Gasteiger charge is -2.11. The number of rotatable bonds is 9. The smallest absolute Gasteiger partial charge is 0.324 e. The van der Waals surface area contributed by atoms with Gasteiger partial charge < -0.3 is 9.15 Å². The highest BCUT2D eigenvalue weighted by molar-refractivity contribution is 7.15. The molecule has 0 N–H and O–H groups in total. The fourth-order valence-corrected chi connectivity index (χ4v) is 5.05. The van der Waals surface area contributed by atoms with E-state index in [9.17, 15) is 10.1 Å². The van der Waals surface area contributed by atoms with E-state index in [4.69, 9.17) is 19.1 Å². The first-order valence-electron chi connectivity index (χ1n) is 12.0. The first kappa shape index (κ1) is 23.6. The third-order valence-corrected chi connectivity index (χ3v) is 7.09. The highest BCUT2D eigenvalue weighted by Gasteiger charge is 2.21. The molecular formula is C29H22N4O4S. The van der Waals surface area contributed by atoms with E-state index in [1.807, 2.05) is 71.3 Å². The molecule has 4 heterocycles. The maximum absolute atomic E-state index is 11.2. The van der Waals surface area contributed by atoms with Gasteiger partial charge in [-0.25, -0.2) is 9.97 Å². The van der Waals surface area contributed by atoms with E-state index in [-0.39, 0.29) is 11.6 Å². The Balaban J connectivity index is 1.48. The Morgan fingerprint density at radius 3 is 2.39 bits per heavy atom. The van der Waals surface area contributed by atoms with Crippen molar-refractivity contribution in [3.63, 3.8) is 0 Å². The van der Waals surface area contributed by atoms with Crippen LogP contribution < -0.4 is 4.74 Å². The van der Waals surface area contributed by atoms with Crippen molar-refractivity contribution >= 4 is 22.0 Å². The molecule has 0 aliphatic rings. The van der Waals surface area contributed by atoms with Gasteiger partial charge in [-0.15, -0.1) is 0 Å². The van der Waals surface area contributed by atoms with E-state index >= 15 is 0 Å². The van der Waals surface area contributed by atoms with Gasteiger partial charge >= 0.3 is 5.00 Å². The molecule has 0 aliphatic heterocycles. The van der Waals surface area contributed by atoms with Crippen molar-refractivity contribution in [3.05, 3.63) is 135 Å². The van der Waals surface area contributed by atoms with Crippen molar-refractivity contribution in [1.82, 2.24) is 14.4 Å². The summed E-state index contributed by atoms with van der Waals surface area (Å²) in [6, 6.07) is 27.1. The summed E-state index contributed by atoms with van der Waals surface area (Å²) >= 11 is 1.10. The maximum Gasteiger partial charge on any atom is 0.324 e. The van der Waals surface area contributed by atoms with Crippen molar-refractivity contribution < 1.29 is 14.1 Å². The molecule has 9 heteroatoms. The second kappa shape index (κ2) is 10.3. The van der Waals surface area contributed by atoms with E-state index in [0.717, 1.165) is 44.5 Å². The zero-order valence-corrected chi connectivity index (χ0v) is 21.0. The number of nitrogens with zero attached hydrogens (tertiary/aromatic N) is 4. The van der Waals surface area contributed by atoms with Gasteiger partial charge in [-0.05, 0) is 23.8 Å². The predicted octanol–water partition coefficient (Wildman–Crippen LogP) is 6.72. The molecule has 0 spiro atoms. The lowest BCUT2D eigenvalue weighted by Crippen LogP contribution is -2.03. The fourth-order valence-electron chi connectivity index (χ4n) is 4.32. The van der Waals surface area contributed by atoms with Crippen molar-refractivity contribution in [2.75, 3.05) is 0 Å². The molecule has 188 valence electrons.